The van der Waals surface area contributed by atoms with Gasteiger partial charge in [-0.3, -0.25) is 0 Å². The number of hydrogen-bond acceptors (Lipinski definition) is 4. The van der Waals surface area contributed by atoms with Gasteiger partial charge in [-0.15, -0.1) is 0 Å². The Morgan fingerprint density at radius 2 is 2.08 bits per heavy atom. The van der Waals surface area contributed by atoms with E-state index in [1.807, 2.05) is 6.92 Å². The Morgan fingerprint density at radius 1 is 1.50 bits per heavy atom. The molecule has 0 aliphatic carbocycles. The first-order chi connectivity index (χ1) is 5.52. The molecule has 0 radical (unpaired) electrons. The summed E-state index contributed by atoms with van der Waals surface area (Å²) < 4.78 is 0. The third-order valence-corrected chi connectivity index (χ3v) is 1.86. The number of aliphatic hydroxyl groups excluding tert-OH is 2. The Labute approximate surface area is 73.2 Å². The lowest BCUT2D eigenvalue weighted by Crippen LogP contribution is -2.40. The Morgan fingerprint density at radius 3 is 2.50 bits per heavy atom. The summed E-state index contributed by atoms with van der Waals surface area (Å²) in [6.45, 7) is 4.12. The second-order valence-electron chi connectivity index (χ2n) is 3.32. The van der Waals surface area contributed by atoms with Gasteiger partial charge in [0.05, 0.1) is 18.3 Å². The fraction of sp³-hybridized carbons (Fsp3) is 1.00. The van der Waals surface area contributed by atoms with E-state index in [0.717, 1.165) is 0 Å². The molecule has 0 heterocycles. The van der Waals surface area contributed by atoms with Crippen LogP contribution in [0.5, 0.6) is 0 Å². The van der Waals surface area contributed by atoms with Gasteiger partial charge in [0.25, 0.3) is 0 Å². The second kappa shape index (κ2) is 5.48. The van der Waals surface area contributed by atoms with Gasteiger partial charge in [-0.25, -0.2) is 0 Å². The zero-order valence-corrected chi connectivity index (χ0v) is 7.75. The Bertz CT molecular complexity index is 117. The highest BCUT2D eigenvalue weighted by Crippen LogP contribution is 2.05. The smallest absolute Gasteiger partial charge is 0.0894 e. The molecule has 0 amide bonds. The summed E-state index contributed by atoms with van der Waals surface area (Å²) in [5.41, 5.74) is -0.727. The monoisotopic (exact) mass is 177 g/mol. The van der Waals surface area contributed by atoms with Crippen molar-refractivity contribution in [1.82, 2.24) is 5.32 Å². The normalized spacial score (nSPS) is 18.8. The topological polar surface area (TPSA) is 72.7 Å². The largest absolute Gasteiger partial charge is 0.394 e. The summed E-state index contributed by atoms with van der Waals surface area (Å²) in [5.74, 6) is 0. The van der Waals surface area contributed by atoms with Crippen LogP contribution in [0.15, 0.2) is 0 Å². The molecule has 0 aromatic rings. The standard InChI is InChI=1S/C8H19NO3/c1-3-8(2,12)6-9-4-7(11)5-10/h7,9-12H,3-6H2,1-2H3/t7-,8?/m0/s1. The summed E-state index contributed by atoms with van der Waals surface area (Å²) in [6, 6.07) is 0. The van der Waals surface area contributed by atoms with Crippen LogP contribution in [0.3, 0.4) is 0 Å². The lowest BCUT2D eigenvalue weighted by atomic mass is 10.0. The van der Waals surface area contributed by atoms with Crippen LogP contribution in [0, 0.1) is 0 Å². The Hall–Kier alpha value is -0.160. The molecule has 0 aliphatic rings. The number of aliphatic hydroxyl groups is 3. The van der Waals surface area contributed by atoms with E-state index in [2.05, 4.69) is 5.32 Å². The summed E-state index contributed by atoms with van der Waals surface area (Å²) in [6.07, 6.45) is -0.0764. The van der Waals surface area contributed by atoms with Crippen LogP contribution in [0.25, 0.3) is 0 Å². The molecule has 4 nitrogen and oxygen atoms in total. The van der Waals surface area contributed by atoms with Crippen molar-refractivity contribution in [3.63, 3.8) is 0 Å². The molecule has 0 saturated carbocycles. The van der Waals surface area contributed by atoms with E-state index in [0.29, 0.717) is 19.5 Å². The van der Waals surface area contributed by atoms with Gasteiger partial charge in [0.15, 0.2) is 0 Å². The van der Waals surface area contributed by atoms with E-state index >= 15 is 0 Å². The van der Waals surface area contributed by atoms with Gasteiger partial charge in [-0.05, 0) is 13.3 Å². The van der Waals surface area contributed by atoms with Gasteiger partial charge in [-0.1, -0.05) is 6.92 Å². The Balaban J connectivity index is 3.42. The van der Waals surface area contributed by atoms with Gasteiger partial charge in [-0.2, -0.15) is 0 Å². The third-order valence-electron chi connectivity index (χ3n) is 1.86. The molecule has 74 valence electrons. The van der Waals surface area contributed by atoms with Crippen molar-refractivity contribution in [2.24, 2.45) is 0 Å². The predicted molar refractivity (Wildman–Crippen MR) is 46.9 cm³/mol. The van der Waals surface area contributed by atoms with Gasteiger partial charge in [0.2, 0.25) is 0 Å². The van der Waals surface area contributed by atoms with Crippen LogP contribution >= 0.6 is 0 Å². The maximum absolute atomic E-state index is 9.50. The highest BCUT2D eigenvalue weighted by Gasteiger charge is 2.16. The predicted octanol–water partition coefficient (Wildman–Crippen LogP) is -0.910. The first-order valence-corrected chi connectivity index (χ1v) is 4.24. The van der Waals surface area contributed by atoms with E-state index in [1.165, 1.54) is 0 Å². The van der Waals surface area contributed by atoms with Crippen molar-refractivity contribution in [2.45, 2.75) is 32.0 Å². The molecule has 0 aliphatic heterocycles. The molecule has 1 unspecified atom stereocenters. The molecule has 0 fully saturated rings. The molecule has 12 heavy (non-hydrogen) atoms. The summed E-state index contributed by atoms with van der Waals surface area (Å²) in [5, 5.41) is 29.8. The molecule has 2 atom stereocenters. The van der Waals surface area contributed by atoms with Gasteiger partial charge < -0.3 is 20.6 Å². The number of nitrogens with one attached hydrogen (secondary N) is 1. The Kier molecular flexibility index (Phi) is 5.41. The molecule has 0 aromatic heterocycles. The maximum atomic E-state index is 9.50. The summed E-state index contributed by atoms with van der Waals surface area (Å²) >= 11 is 0. The average Bonchev–Trinajstić information content (AvgIpc) is 2.04. The van der Waals surface area contributed by atoms with Crippen LogP contribution < -0.4 is 5.32 Å². The third kappa shape index (κ3) is 5.49. The minimum Gasteiger partial charge on any atom is -0.394 e. The fourth-order valence-electron chi connectivity index (χ4n) is 0.698. The fourth-order valence-corrected chi connectivity index (χ4v) is 0.698. The maximum Gasteiger partial charge on any atom is 0.0894 e. The second-order valence-corrected chi connectivity index (χ2v) is 3.32. The van der Waals surface area contributed by atoms with E-state index < -0.39 is 11.7 Å². The molecule has 0 spiro atoms. The van der Waals surface area contributed by atoms with Crippen molar-refractivity contribution >= 4 is 0 Å². The van der Waals surface area contributed by atoms with Crippen LogP contribution in [0.2, 0.25) is 0 Å². The van der Waals surface area contributed by atoms with Crippen LogP contribution in [-0.4, -0.2) is 46.7 Å². The molecular formula is C8H19NO3. The minimum atomic E-state index is -0.738. The molecular weight excluding hydrogens is 158 g/mol. The average molecular weight is 177 g/mol. The highest BCUT2D eigenvalue weighted by molar-refractivity contribution is 4.73. The number of hydrogen-bond donors (Lipinski definition) is 4. The van der Waals surface area contributed by atoms with E-state index in [9.17, 15) is 5.11 Å². The summed E-state index contributed by atoms with van der Waals surface area (Å²) in [7, 11) is 0. The lowest BCUT2D eigenvalue weighted by molar-refractivity contribution is 0.0459. The van der Waals surface area contributed by atoms with Crippen LogP contribution in [0.1, 0.15) is 20.3 Å². The first kappa shape index (κ1) is 11.8. The summed E-state index contributed by atoms with van der Waals surface area (Å²) in [4.78, 5) is 0. The number of rotatable bonds is 6. The quantitative estimate of drug-likeness (QED) is 0.424. The zero-order chi connectivity index (χ0) is 9.61. The molecule has 0 saturated heterocycles. The van der Waals surface area contributed by atoms with E-state index in [-0.39, 0.29) is 6.61 Å². The molecule has 0 bridgehead atoms. The van der Waals surface area contributed by atoms with Crippen LogP contribution in [0.4, 0.5) is 0 Å². The molecule has 4 N–H and O–H groups in total. The van der Waals surface area contributed by atoms with Crippen molar-refractivity contribution in [1.29, 1.82) is 0 Å². The van der Waals surface area contributed by atoms with Gasteiger partial charge in [0, 0.05) is 13.1 Å². The van der Waals surface area contributed by atoms with Crippen molar-refractivity contribution in [3.05, 3.63) is 0 Å². The van der Waals surface area contributed by atoms with Gasteiger partial charge >= 0.3 is 0 Å². The van der Waals surface area contributed by atoms with Gasteiger partial charge in [0.1, 0.15) is 0 Å². The van der Waals surface area contributed by atoms with Crippen molar-refractivity contribution in [2.75, 3.05) is 19.7 Å². The van der Waals surface area contributed by atoms with Crippen molar-refractivity contribution < 1.29 is 15.3 Å². The van der Waals surface area contributed by atoms with E-state index in [1.54, 1.807) is 6.92 Å². The highest BCUT2D eigenvalue weighted by atomic mass is 16.3. The van der Waals surface area contributed by atoms with Crippen LogP contribution in [-0.2, 0) is 0 Å². The molecule has 4 heteroatoms. The zero-order valence-electron chi connectivity index (χ0n) is 7.75. The van der Waals surface area contributed by atoms with E-state index in [4.69, 9.17) is 10.2 Å². The minimum absolute atomic E-state index is 0.249. The lowest BCUT2D eigenvalue weighted by Gasteiger charge is -2.22. The SMILES string of the molecule is CCC(C)(O)CNC[C@H](O)CO. The molecule has 0 rings (SSSR count). The first-order valence-electron chi connectivity index (χ1n) is 4.24. The van der Waals surface area contributed by atoms with Crippen molar-refractivity contribution in [3.8, 4) is 0 Å². The molecule has 0 aromatic carbocycles.